The summed E-state index contributed by atoms with van der Waals surface area (Å²) in [5, 5.41) is 15.0. The predicted molar refractivity (Wildman–Crippen MR) is 113 cm³/mol. The van der Waals surface area contributed by atoms with Gasteiger partial charge in [-0.2, -0.15) is 0 Å². The van der Waals surface area contributed by atoms with Crippen LogP contribution in [0.4, 0.5) is 17.3 Å². The first-order valence-electron chi connectivity index (χ1n) is 8.15. The van der Waals surface area contributed by atoms with Crippen LogP contribution in [0.25, 0.3) is 0 Å². The van der Waals surface area contributed by atoms with Gasteiger partial charge in [-0.3, -0.25) is 0 Å². The van der Waals surface area contributed by atoms with Crippen LogP contribution in [0.3, 0.4) is 0 Å². The summed E-state index contributed by atoms with van der Waals surface area (Å²) in [5.74, 6) is -1.03. The lowest BCUT2D eigenvalue weighted by atomic mass is 10.2. The van der Waals surface area contributed by atoms with Crippen molar-refractivity contribution in [2.24, 2.45) is 0 Å². The van der Waals surface area contributed by atoms with E-state index in [2.05, 4.69) is 25.3 Å². The van der Waals surface area contributed by atoms with Crippen molar-refractivity contribution in [1.82, 2.24) is 9.97 Å². The normalized spacial score (nSPS) is 10.8. The molecule has 0 aliphatic carbocycles. The third kappa shape index (κ3) is 5.46. The summed E-state index contributed by atoms with van der Waals surface area (Å²) in [4.78, 5) is 18.6. The van der Waals surface area contributed by atoms with E-state index in [-0.39, 0.29) is 21.5 Å². The summed E-state index contributed by atoms with van der Waals surface area (Å²) >= 11 is 5.21. The minimum Gasteiger partial charge on any atom is -0.478 e. The highest BCUT2D eigenvalue weighted by Crippen LogP contribution is 2.17. The van der Waals surface area contributed by atoms with Crippen LogP contribution in [0.2, 0.25) is 0 Å². The van der Waals surface area contributed by atoms with E-state index < -0.39 is 16.0 Å². The summed E-state index contributed by atoms with van der Waals surface area (Å²) in [6.07, 6.45) is 2.86. The van der Waals surface area contributed by atoms with Crippen LogP contribution in [-0.4, -0.2) is 34.6 Å². The summed E-state index contributed by atoms with van der Waals surface area (Å²) in [5.41, 5.74) is 1.35. The number of hydrogen-bond donors (Lipinski definition) is 4. The van der Waals surface area contributed by atoms with Gasteiger partial charge in [-0.15, -0.1) is 0 Å². The van der Waals surface area contributed by atoms with Crippen molar-refractivity contribution in [3.8, 4) is 0 Å². The highest BCUT2D eigenvalue weighted by molar-refractivity contribution is 7.92. The van der Waals surface area contributed by atoms with Gasteiger partial charge in [-0.25, -0.2) is 27.9 Å². The number of carboxylic acids is 1. The number of aromatic nitrogens is 2. The maximum Gasteiger partial charge on any atom is 0.335 e. The Morgan fingerprint density at radius 3 is 1.93 bits per heavy atom. The summed E-state index contributed by atoms with van der Waals surface area (Å²) in [7, 11) is -3.82. The third-order valence-corrected chi connectivity index (χ3v) is 5.15. The zero-order valence-corrected chi connectivity index (χ0v) is 16.4. The lowest BCUT2D eigenvalue weighted by Gasteiger charge is -2.11. The number of rotatable bonds is 6. The average Bonchev–Trinajstić information content (AvgIpc) is 2.69. The number of nitrogens with zero attached hydrogens (tertiary/aromatic N) is 2. The Kier molecular flexibility index (Phi) is 6.00. The average molecular weight is 429 g/mol. The van der Waals surface area contributed by atoms with Gasteiger partial charge in [0, 0.05) is 23.8 Å². The van der Waals surface area contributed by atoms with Crippen molar-refractivity contribution < 1.29 is 18.3 Å². The lowest BCUT2D eigenvalue weighted by molar-refractivity contribution is 0.0697. The Balaban J connectivity index is 1.62. The van der Waals surface area contributed by atoms with Gasteiger partial charge in [-0.05, 0) is 66.8 Å². The number of thiocarbonyl (C=S) groups is 1. The molecule has 0 saturated carbocycles. The van der Waals surface area contributed by atoms with Crippen LogP contribution in [0.1, 0.15) is 10.4 Å². The fourth-order valence-corrected chi connectivity index (χ4v) is 3.43. The van der Waals surface area contributed by atoms with E-state index in [9.17, 15) is 13.2 Å². The van der Waals surface area contributed by atoms with Crippen LogP contribution < -0.4 is 15.4 Å². The molecule has 1 heterocycles. The van der Waals surface area contributed by atoms with Gasteiger partial charge >= 0.3 is 5.97 Å². The van der Waals surface area contributed by atoms with E-state index in [1.807, 2.05) is 0 Å². The van der Waals surface area contributed by atoms with E-state index in [1.165, 1.54) is 36.7 Å². The molecule has 0 unspecified atom stereocenters. The standard InChI is InChI=1S/C18H15N5O4S2/c24-16(25)12-2-4-13(5-3-12)21-18(28)22-14-6-8-15(9-7-14)29(26,27)23-17-19-10-1-11-20-17/h1-11H,(H,24,25)(H,19,20,23)(H2,21,22,28). The van der Waals surface area contributed by atoms with Crippen molar-refractivity contribution in [2.75, 3.05) is 15.4 Å². The zero-order chi connectivity index (χ0) is 20.9. The van der Waals surface area contributed by atoms with Crippen LogP contribution in [0.15, 0.2) is 71.9 Å². The van der Waals surface area contributed by atoms with E-state index in [1.54, 1.807) is 30.3 Å². The number of nitrogens with one attached hydrogen (secondary N) is 3. The number of hydrogen-bond acceptors (Lipinski definition) is 6. The molecule has 0 radical (unpaired) electrons. The Bertz CT molecular complexity index is 1120. The van der Waals surface area contributed by atoms with Crippen LogP contribution in [0, 0.1) is 0 Å². The maximum atomic E-state index is 12.4. The molecular formula is C18H15N5O4S2. The van der Waals surface area contributed by atoms with Crippen LogP contribution >= 0.6 is 12.2 Å². The Hall–Kier alpha value is -3.57. The molecule has 148 valence electrons. The van der Waals surface area contributed by atoms with Crippen molar-refractivity contribution >= 4 is 50.6 Å². The number of benzene rings is 2. The van der Waals surface area contributed by atoms with Crippen molar-refractivity contribution in [2.45, 2.75) is 4.90 Å². The van der Waals surface area contributed by atoms with Gasteiger partial charge in [0.15, 0.2) is 5.11 Å². The number of carbonyl (C=O) groups is 1. The number of aromatic carboxylic acids is 1. The van der Waals surface area contributed by atoms with Gasteiger partial charge in [0.2, 0.25) is 5.95 Å². The molecule has 3 rings (SSSR count). The Morgan fingerprint density at radius 2 is 1.41 bits per heavy atom. The lowest BCUT2D eigenvalue weighted by Crippen LogP contribution is -2.19. The zero-order valence-electron chi connectivity index (χ0n) is 14.7. The molecule has 1 aromatic heterocycles. The second kappa shape index (κ2) is 8.63. The van der Waals surface area contributed by atoms with Gasteiger partial charge in [0.05, 0.1) is 10.5 Å². The number of sulfonamides is 1. The third-order valence-electron chi connectivity index (χ3n) is 3.60. The molecule has 3 aromatic rings. The van der Waals surface area contributed by atoms with Gasteiger partial charge < -0.3 is 15.7 Å². The van der Waals surface area contributed by atoms with E-state index in [0.717, 1.165) is 0 Å². The van der Waals surface area contributed by atoms with Gasteiger partial charge in [0.25, 0.3) is 10.0 Å². The fourth-order valence-electron chi connectivity index (χ4n) is 2.24. The van der Waals surface area contributed by atoms with Gasteiger partial charge in [0.1, 0.15) is 0 Å². The van der Waals surface area contributed by atoms with Gasteiger partial charge in [-0.1, -0.05) is 0 Å². The molecule has 0 saturated heterocycles. The second-order valence-electron chi connectivity index (χ2n) is 5.66. The Morgan fingerprint density at radius 1 is 0.897 bits per heavy atom. The molecule has 29 heavy (non-hydrogen) atoms. The van der Waals surface area contributed by atoms with Crippen LogP contribution in [-0.2, 0) is 10.0 Å². The van der Waals surface area contributed by atoms with Crippen molar-refractivity contribution in [1.29, 1.82) is 0 Å². The number of anilines is 3. The fraction of sp³-hybridized carbons (Fsp3) is 0. The molecule has 4 N–H and O–H groups in total. The van der Waals surface area contributed by atoms with E-state index in [0.29, 0.717) is 11.4 Å². The SMILES string of the molecule is O=C(O)c1ccc(NC(=S)Nc2ccc(S(=O)(=O)Nc3ncccn3)cc2)cc1. The van der Waals surface area contributed by atoms with Crippen molar-refractivity contribution in [3.63, 3.8) is 0 Å². The molecule has 0 fully saturated rings. The monoisotopic (exact) mass is 429 g/mol. The second-order valence-corrected chi connectivity index (χ2v) is 7.75. The summed E-state index contributed by atoms with van der Waals surface area (Å²) in [6, 6.07) is 13.6. The first-order valence-corrected chi connectivity index (χ1v) is 10.0. The minimum atomic E-state index is -3.82. The van der Waals surface area contributed by atoms with Crippen molar-refractivity contribution in [3.05, 3.63) is 72.6 Å². The molecule has 11 heteroatoms. The largest absolute Gasteiger partial charge is 0.478 e. The molecule has 9 nitrogen and oxygen atoms in total. The van der Waals surface area contributed by atoms with E-state index in [4.69, 9.17) is 17.3 Å². The number of carboxylic acid groups (broad SMARTS) is 1. The topological polar surface area (TPSA) is 133 Å². The molecule has 0 spiro atoms. The predicted octanol–water partition coefficient (Wildman–Crippen LogP) is 2.78. The highest BCUT2D eigenvalue weighted by Gasteiger charge is 2.15. The Labute approximate surface area is 171 Å². The summed E-state index contributed by atoms with van der Waals surface area (Å²) < 4.78 is 27.0. The maximum absolute atomic E-state index is 12.4. The molecule has 2 aromatic carbocycles. The first-order chi connectivity index (χ1) is 13.8. The first kappa shape index (κ1) is 20.2. The van der Waals surface area contributed by atoms with Crippen LogP contribution in [0.5, 0.6) is 0 Å². The smallest absolute Gasteiger partial charge is 0.335 e. The quantitative estimate of drug-likeness (QED) is 0.436. The molecular weight excluding hydrogens is 414 g/mol. The highest BCUT2D eigenvalue weighted by atomic mass is 32.2. The minimum absolute atomic E-state index is 0.0194. The molecule has 0 atom stereocenters. The molecule has 0 amide bonds. The molecule has 0 aliphatic heterocycles. The van der Waals surface area contributed by atoms with E-state index >= 15 is 0 Å². The summed E-state index contributed by atoms with van der Waals surface area (Å²) in [6.45, 7) is 0. The molecule has 0 aliphatic rings. The molecule has 0 bridgehead atoms.